The number of aryl methyl sites for hydroxylation is 1. The van der Waals surface area contributed by atoms with E-state index in [4.69, 9.17) is 0 Å². The molecule has 1 fully saturated rings. The molecule has 31 heavy (non-hydrogen) atoms. The minimum absolute atomic E-state index is 0.238. The van der Waals surface area contributed by atoms with Crippen molar-refractivity contribution in [2.45, 2.75) is 38.1 Å². The lowest BCUT2D eigenvalue weighted by molar-refractivity contribution is 0.383. The fourth-order valence-corrected chi connectivity index (χ4v) is 5.30. The molecule has 0 atom stereocenters. The van der Waals surface area contributed by atoms with Gasteiger partial charge in [-0.3, -0.25) is 0 Å². The molecule has 0 radical (unpaired) electrons. The fraction of sp³-hybridized carbons (Fsp3) is 0.429. The van der Waals surface area contributed by atoms with Crippen LogP contribution in [0.15, 0.2) is 47.9 Å². The maximum Gasteiger partial charge on any atom is 0.243 e. The van der Waals surface area contributed by atoms with Gasteiger partial charge in [-0.1, -0.05) is 32.0 Å². The van der Waals surface area contributed by atoms with E-state index in [0.717, 1.165) is 17.3 Å². The number of benzene rings is 1. The number of rotatable bonds is 6. The van der Waals surface area contributed by atoms with Gasteiger partial charge in [0.2, 0.25) is 10.0 Å². The van der Waals surface area contributed by atoms with Crippen LogP contribution in [0.2, 0.25) is 0 Å². The van der Waals surface area contributed by atoms with Crippen LogP contribution in [0, 0.1) is 6.92 Å². The third-order valence-electron chi connectivity index (χ3n) is 5.33. The average molecular weight is 442 g/mol. The molecule has 3 aromatic rings. The van der Waals surface area contributed by atoms with Crippen molar-refractivity contribution in [3.63, 3.8) is 0 Å². The van der Waals surface area contributed by atoms with Crippen molar-refractivity contribution in [3.8, 4) is 0 Å². The highest BCUT2D eigenvalue weighted by molar-refractivity contribution is 7.89. The quantitative estimate of drug-likeness (QED) is 0.577. The van der Waals surface area contributed by atoms with Crippen LogP contribution in [0.5, 0.6) is 0 Å². The number of sulfonamides is 1. The molecule has 1 aliphatic heterocycles. The summed E-state index contributed by atoms with van der Waals surface area (Å²) in [6, 6.07) is 9.04. The van der Waals surface area contributed by atoms with Crippen molar-refractivity contribution >= 4 is 15.8 Å². The highest BCUT2D eigenvalue weighted by atomic mass is 32.2. The zero-order valence-electron chi connectivity index (χ0n) is 18.0. The maximum atomic E-state index is 13.4. The van der Waals surface area contributed by atoms with E-state index in [-0.39, 0.29) is 5.92 Å². The van der Waals surface area contributed by atoms with E-state index in [9.17, 15) is 8.42 Å². The van der Waals surface area contributed by atoms with Gasteiger partial charge in [0.15, 0.2) is 0 Å². The molecule has 0 unspecified atom stereocenters. The largest absolute Gasteiger partial charge is 0.354 e. The van der Waals surface area contributed by atoms with Crippen molar-refractivity contribution in [2.24, 2.45) is 0 Å². The van der Waals surface area contributed by atoms with Gasteiger partial charge in [0.05, 0.1) is 11.4 Å². The predicted molar refractivity (Wildman–Crippen MR) is 117 cm³/mol. The van der Waals surface area contributed by atoms with Crippen LogP contribution < -0.4 is 4.90 Å². The minimum atomic E-state index is -3.62. The molecule has 9 nitrogen and oxygen atoms in total. The van der Waals surface area contributed by atoms with E-state index in [1.807, 2.05) is 25.1 Å². The molecule has 4 rings (SSSR count). The van der Waals surface area contributed by atoms with E-state index in [1.54, 1.807) is 27.4 Å². The average Bonchev–Trinajstić information content (AvgIpc) is 3.27. The summed E-state index contributed by atoms with van der Waals surface area (Å²) in [5.41, 5.74) is 1.62. The first-order chi connectivity index (χ1) is 14.8. The zero-order chi connectivity index (χ0) is 22.0. The second-order valence-corrected chi connectivity index (χ2v) is 9.88. The Morgan fingerprint density at radius 2 is 1.81 bits per heavy atom. The molecule has 2 aromatic heterocycles. The Labute approximate surface area is 182 Å². The zero-order valence-corrected chi connectivity index (χ0v) is 18.8. The molecule has 0 saturated carbocycles. The lowest BCUT2D eigenvalue weighted by Crippen LogP contribution is -2.49. The Morgan fingerprint density at radius 3 is 2.48 bits per heavy atom. The number of hydrogen-bond donors (Lipinski definition) is 0. The number of aromatic nitrogens is 5. The van der Waals surface area contributed by atoms with E-state index < -0.39 is 10.0 Å². The SMILES string of the molecule is Cc1cc(N2CCN(S(=O)(=O)c3ccccc3Cn3cncn3)CC2)nc(C(C)C)n1. The fourth-order valence-electron chi connectivity index (χ4n) is 3.67. The summed E-state index contributed by atoms with van der Waals surface area (Å²) in [4.78, 5) is 15.6. The van der Waals surface area contributed by atoms with Crippen molar-refractivity contribution in [2.75, 3.05) is 31.1 Å². The summed E-state index contributed by atoms with van der Waals surface area (Å²) in [5, 5.41) is 4.10. The van der Waals surface area contributed by atoms with Crippen molar-refractivity contribution < 1.29 is 8.42 Å². The summed E-state index contributed by atoms with van der Waals surface area (Å²) >= 11 is 0. The Bertz CT molecular complexity index is 1140. The first-order valence-electron chi connectivity index (χ1n) is 10.4. The standard InChI is InChI=1S/C21H27N7O2S/c1-16(2)21-24-17(3)12-20(25-21)26-8-10-28(11-9-26)31(29,30)19-7-5-4-6-18(19)13-27-15-22-14-23-27/h4-7,12,14-16H,8-11,13H2,1-3H3. The Kier molecular flexibility index (Phi) is 6.01. The highest BCUT2D eigenvalue weighted by Crippen LogP contribution is 2.24. The second kappa shape index (κ2) is 8.72. The molecule has 164 valence electrons. The van der Waals surface area contributed by atoms with Gasteiger partial charge in [0, 0.05) is 43.9 Å². The van der Waals surface area contributed by atoms with Crippen LogP contribution in [0.4, 0.5) is 5.82 Å². The Morgan fingerprint density at radius 1 is 1.06 bits per heavy atom. The number of piperazine rings is 1. The normalized spacial score (nSPS) is 15.5. The predicted octanol–water partition coefficient (Wildman–Crippen LogP) is 2.06. The van der Waals surface area contributed by atoms with Crippen molar-refractivity contribution in [1.29, 1.82) is 0 Å². The second-order valence-electron chi connectivity index (χ2n) is 7.97. The van der Waals surface area contributed by atoms with Gasteiger partial charge in [-0.25, -0.2) is 28.1 Å². The molecular formula is C21H27N7O2S. The molecule has 0 bridgehead atoms. The molecule has 0 aliphatic carbocycles. The maximum absolute atomic E-state index is 13.4. The molecule has 1 saturated heterocycles. The summed E-state index contributed by atoms with van der Waals surface area (Å²) in [5.74, 6) is 1.91. The molecule has 1 aromatic carbocycles. The topological polar surface area (TPSA) is 97.1 Å². The van der Waals surface area contributed by atoms with E-state index in [1.165, 1.54) is 6.33 Å². The summed E-state index contributed by atoms with van der Waals surface area (Å²) in [7, 11) is -3.62. The lowest BCUT2D eigenvalue weighted by atomic mass is 10.2. The number of nitrogens with zero attached hydrogens (tertiary/aromatic N) is 7. The Balaban J connectivity index is 1.52. The number of anilines is 1. The number of hydrogen-bond acceptors (Lipinski definition) is 7. The molecule has 10 heteroatoms. The molecular weight excluding hydrogens is 414 g/mol. The van der Waals surface area contributed by atoms with Crippen LogP contribution in [0.3, 0.4) is 0 Å². The molecule has 1 aliphatic rings. The molecule has 0 N–H and O–H groups in total. The van der Waals surface area contributed by atoms with Crippen molar-refractivity contribution in [3.05, 3.63) is 60.1 Å². The molecule has 0 amide bonds. The van der Waals surface area contributed by atoms with Crippen LogP contribution in [0.25, 0.3) is 0 Å². The minimum Gasteiger partial charge on any atom is -0.354 e. The van der Waals surface area contributed by atoms with E-state index in [0.29, 0.717) is 43.2 Å². The van der Waals surface area contributed by atoms with Gasteiger partial charge in [-0.15, -0.1) is 0 Å². The van der Waals surface area contributed by atoms with E-state index in [2.05, 4.69) is 38.8 Å². The highest BCUT2D eigenvalue weighted by Gasteiger charge is 2.30. The van der Waals surface area contributed by atoms with Gasteiger partial charge in [0.25, 0.3) is 0 Å². The van der Waals surface area contributed by atoms with E-state index >= 15 is 0 Å². The van der Waals surface area contributed by atoms with Gasteiger partial charge in [-0.2, -0.15) is 9.40 Å². The third kappa shape index (κ3) is 4.59. The van der Waals surface area contributed by atoms with Gasteiger partial charge in [0.1, 0.15) is 24.3 Å². The van der Waals surface area contributed by atoms with Gasteiger partial charge in [-0.05, 0) is 18.6 Å². The van der Waals surface area contributed by atoms with Crippen LogP contribution in [-0.4, -0.2) is 63.6 Å². The van der Waals surface area contributed by atoms with Crippen LogP contribution in [-0.2, 0) is 16.6 Å². The summed E-state index contributed by atoms with van der Waals surface area (Å²) < 4.78 is 30.0. The van der Waals surface area contributed by atoms with Gasteiger partial charge < -0.3 is 4.90 Å². The molecule has 3 heterocycles. The monoisotopic (exact) mass is 441 g/mol. The van der Waals surface area contributed by atoms with Crippen molar-refractivity contribution in [1.82, 2.24) is 29.0 Å². The first kappa shape index (κ1) is 21.4. The summed E-state index contributed by atoms with van der Waals surface area (Å²) in [6.45, 7) is 8.42. The third-order valence-corrected chi connectivity index (χ3v) is 7.33. The smallest absolute Gasteiger partial charge is 0.243 e. The van der Waals surface area contributed by atoms with Gasteiger partial charge >= 0.3 is 0 Å². The molecule has 0 spiro atoms. The van der Waals surface area contributed by atoms with Crippen LogP contribution >= 0.6 is 0 Å². The van der Waals surface area contributed by atoms with Crippen LogP contribution in [0.1, 0.15) is 36.8 Å². The summed E-state index contributed by atoms with van der Waals surface area (Å²) in [6.07, 6.45) is 3.02. The Hall–Kier alpha value is -2.85. The lowest BCUT2D eigenvalue weighted by Gasteiger charge is -2.35. The first-order valence-corrected chi connectivity index (χ1v) is 11.8.